The molecule has 5 rings (SSSR count). The Morgan fingerprint density at radius 2 is 2.00 bits per heavy atom. The topological polar surface area (TPSA) is 123 Å². The number of alkyl carbamates (subject to hydrolysis) is 1. The van der Waals surface area contributed by atoms with Crippen molar-refractivity contribution in [1.82, 2.24) is 35.0 Å². The number of rotatable bonds is 7. The molecule has 0 unspecified atom stereocenters. The molecule has 0 bridgehead atoms. The number of fused-ring (bicyclic) bond motifs is 1. The van der Waals surface area contributed by atoms with Gasteiger partial charge in [-0.1, -0.05) is 19.0 Å². The van der Waals surface area contributed by atoms with Crippen LogP contribution in [0.3, 0.4) is 0 Å². The van der Waals surface area contributed by atoms with E-state index in [1.165, 1.54) is 12.4 Å². The summed E-state index contributed by atoms with van der Waals surface area (Å²) in [4.78, 5) is 23.3. The first kappa shape index (κ1) is 27.5. The molecule has 212 valence electrons. The Kier molecular flexibility index (Phi) is 7.70. The first-order valence-electron chi connectivity index (χ1n) is 13.5. The first-order chi connectivity index (χ1) is 19.1. The lowest BCUT2D eigenvalue weighted by molar-refractivity contribution is 0.0477. The second kappa shape index (κ2) is 11.2. The maximum atomic E-state index is 14.9. The fourth-order valence-corrected chi connectivity index (χ4v) is 4.66. The van der Waals surface area contributed by atoms with Gasteiger partial charge in [0.05, 0.1) is 5.69 Å². The van der Waals surface area contributed by atoms with E-state index in [1.807, 2.05) is 46.9 Å². The highest BCUT2D eigenvalue weighted by Crippen LogP contribution is 2.29. The monoisotopic (exact) mass is 550 g/mol. The van der Waals surface area contributed by atoms with Crippen molar-refractivity contribution in [2.45, 2.75) is 71.6 Å². The van der Waals surface area contributed by atoms with Crippen LogP contribution in [0.1, 0.15) is 64.8 Å². The van der Waals surface area contributed by atoms with Crippen LogP contribution in [0.5, 0.6) is 0 Å². The Morgan fingerprint density at radius 1 is 1.23 bits per heavy atom. The highest BCUT2D eigenvalue weighted by molar-refractivity contribution is 5.78. The highest BCUT2D eigenvalue weighted by Gasteiger charge is 2.25. The number of anilines is 2. The maximum absolute atomic E-state index is 14.9. The predicted octanol–water partition coefficient (Wildman–Crippen LogP) is 5.27. The summed E-state index contributed by atoms with van der Waals surface area (Å²) in [7, 11) is 0. The van der Waals surface area contributed by atoms with Crippen molar-refractivity contribution in [2.75, 3.05) is 18.4 Å². The number of nitrogens with one attached hydrogen (secondary N) is 2. The van der Waals surface area contributed by atoms with E-state index < -0.39 is 11.4 Å². The van der Waals surface area contributed by atoms with E-state index >= 15 is 0 Å². The molecule has 11 nitrogen and oxygen atoms in total. The molecule has 1 saturated heterocycles. The Balaban J connectivity index is 1.29. The van der Waals surface area contributed by atoms with Gasteiger partial charge in [-0.25, -0.2) is 18.7 Å². The molecule has 3 aromatic heterocycles. The quantitative estimate of drug-likeness (QED) is 0.317. The summed E-state index contributed by atoms with van der Waals surface area (Å²) in [5.41, 5.74) is 2.13. The lowest BCUT2D eigenvalue weighted by Gasteiger charge is -2.32. The summed E-state index contributed by atoms with van der Waals surface area (Å²) >= 11 is 0. The van der Waals surface area contributed by atoms with Crippen molar-refractivity contribution in [3.8, 4) is 11.4 Å². The van der Waals surface area contributed by atoms with Gasteiger partial charge in [-0.15, -0.1) is 0 Å². The van der Waals surface area contributed by atoms with Gasteiger partial charge in [0.2, 0.25) is 11.7 Å². The average Bonchev–Trinajstić information content (AvgIpc) is 3.54. The number of amides is 1. The number of hydrogen-bond donors (Lipinski definition) is 2. The average molecular weight is 551 g/mol. The van der Waals surface area contributed by atoms with Gasteiger partial charge in [-0.3, -0.25) is 4.90 Å². The normalized spacial score (nSPS) is 15.1. The predicted molar refractivity (Wildman–Crippen MR) is 148 cm³/mol. The van der Waals surface area contributed by atoms with Crippen molar-refractivity contribution in [3.05, 3.63) is 54.1 Å². The number of benzene rings is 1. The molecule has 4 heterocycles. The fourth-order valence-electron chi connectivity index (χ4n) is 4.66. The van der Waals surface area contributed by atoms with E-state index in [4.69, 9.17) is 9.26 Å². The van der Waals surface area contributed by atoms with E-state index in [1.54, 1.807) is 16.6 Å². The van der Waals surface area contributed by atoms with Crippen LogP contribution in [0.25, 0.3) is 16.9 Å². The summed E-state index contributed by atoms with van der Waals surface area (Å²) in [5, 5.41) is 14.5. The molecule has 1 fully saturated rings. The molecule has 0 saturated carbocycles. The first-order valence-corrected chi connectivity index (χ1v) is 13.5. The smallest absolute Gasteiger partial charge is 0.407 e. The second-order valence-electron chi connectivity index (χ2n) is 11.4. The van der Waals surface area contributed by atoms with E-state index in [-0.39, 0.29) is 23.7 Å². The summed E-state index contributed by atoms with van der Waals surface area (Å²) in [6, 6.07) is 6.71. The molecule has 0 atom stereocenters. The van der Waals surface area contributed by atoms with Gasteiger partial charge < -0.3 is 19.9 Å². The van der Waals surface area contributed by atoms with E-state index in [9.17, 15) is 9.18 Å². The van der Waals surface area contributed by atoms with Crippen LogP contribution < -0.4 is 10.6 Å². The van der Waals surface area contributed by atoms with Crippen LogP contribution in [0.15, 0.2) is 41.3 Å². The van der Waals surface area contributed by atoms with Gasteiger partial charge >= 0.3 is 6.09 Å². The molecule has 12 heteroatoms. The molecular formula is C28H35FN8O3. The van der Waals surface area contributed by atoms with Crippen molar-refractivity contribution in [1.29, 1.82) is 0 Å². The minimum atomic E-state index is -0.524. The number of nitrogens with zero attached hydrogens (tertiary/aromatic N) is 6. The number of piperidine rings is 1. The van der Waals surface area contributed by atoms with Gasteiger partial charge in [0.15, 0.2) is 5.82 Å². The number of likely N-dealkylation sites (tertiary alicyclic amines) is 1. The van der Waals surface area contributed by atoms with Crippen LogP contribution in [-0.2, 0) is 11.3 Å². The lowest BCUT2D eigenvalue weighted by Crippen LogP contribution is -2.45. The molecule has 40 heavy (non-hydrogen) atoms. The molecule has 0 spiro atoms. The number of halogens is 1. The Hall–Kier alpha value is -4.06. The third kappa shape index (κ3) is 6.39. The second-order valence-corrected chi connectivity index (χ2v) is 11.4. The Bertz CT molecular complexity index is 1480. The van der Waals surface area contributed by atoms with Crippen LogP contribution in [0, 0.1) is 5.82 Å². The molecule has 4 aromatic rings. The molecule has 1 amide bonds. The zero-order chi connectivity index (χ0) is 28.4. The summed E-state index contributed by atoms with van der Waals surface area (Å²) in [5.74, 6) is 1.07. The molecule has 1 aromatic carbocycles. The Labute approximate surface area is 232 Å². The minimum Gasteiger partial charge on any atom is -0.444 e. The molecule has 1 aliphatic rings. The van der Waals surface area contributed by atoms with Gasteiger partial charge in [0.25, 0.3) is 0 Å². The van der Waals surface area contributed by atoms with Crippen molar-refractivity contribution >= 4 is 23.1 Å². The standard InChI is InChI=1S/C28H35FN8O3/c1-17(2)26-34-24(35-40-26)18-6-7-21(29)22(14-18)33-25-23-19(8-13-37(23)31-16-30-25)15-36-11-9-20(10-12-36)32-27(38)39-28(3,4)5/h6-8,13-14,16-17,20H,9-12,15H2,1-5H3,(H,32,38)(H,30,31,33). The largest absolute Gasteiger partial charge is 0.444 e. The molecule has 0 aliphatic carbocycles. The van der Waals surface area contributed by atoms with Crippen LogP contribution in [0.4, 0.5) is 20.7 Å². The number of aromatic nitrogens is 5. The number of carbonyl (C=O) groups is 1. The lowest BCUT2D eigenvalue weighted by atomic mass is 10.0. The summed E-state index contributed by atoms with van der Waals surface area (Å²) < 4.78 is 27.3. The van der Waals surface area contributed by atoms with Gasteiger partial charge in [0, 0.05) is 43.4 Å². The van der Waals surface area contributed by atoms with Crippen molar-refractivity contribution < 1.29 is 18.4 Å². The van der Waals surface area contributed by atoms with E-state index in [0.717, 1.165) is 37.0 Å². The zero-order valence-corrected chi connectivity index (χ0v) is 23.4. The van der Waals surface area contributed by atoms with E-state index in [2.05, 4.69) is 35.8 Å². The number of ether oxygens (including phenoxy) is 1. The van der Waals surface area contributed by atoms with Gasteiger partial charge in [0.1, 0.15) is 23.3 Å². The van der Waals surface area contributed by atoms with E-state index in [0.29, 0.717) is 29.6 Å². The fraction of sp³-hybridized carbons (Fsp3) is 0.464. The van der Waals surface area contributed by atoms with Crippen LogP contribution >= 0.6 is 0 Å². The molecule has 1 aliphatic heterocycles. The SMILES string of the molecule is CC(C)c1nc(-c2ccc(F)c(Nc3ncnn4ccc(CN5CCC(NC(=O)OC(C)(C)C)CC5)c34)c2)no1. The minimum absolute atomic E-state index is 0.0727. The highest BCUT2D eigenvalue weighted by atomic mass is 19.1. The number of hydrogen-bond acceptors (Lipinski definition) is 9. The van der Waals surface area contributed by atoms with Gasteiger partial charge in [-0.2, -0.15) is 10.1 Å². The Morgan fingerprint density at radius 3 is 2.70 bits per heavy atom. The van der Waals surface area contributed by atoms with Gasteiger partial charge in [-0.05, 0) is 63.4 Å². The summed E-state index contributed by atoms with van der Waals surface area (Å²) in [6.45, 7) is 11.8. The third-order valence-corrected chi connectivity index (χ3v) is 6.65. The molecular weight excluding hydrogens is 515 g/mol. The third-order valence-electron chi connectivity index (χ3n) is 6.65. The van der Waals surface area contributed by atoms with Crippen LogP contribution in [-0.4, -0.2) is 60.5 Å². The van der Waals surface area contributed by atoms with Crippen LogP contribution in [0.2, 0.25) is 0 Å². The van der Waals surface area contributed by atoms with Crippen molar-refractivity contribution in [3.63, 3.8) is 0 Å². The molecule has 2 N–H and O–H groups in total. The zero-order valence-electron chi connectivity index (χ0n) is 23.4. The summed E-state index contributed by atoms with van der Waals surface area (Å²) in [6.07, 6.45) is 4.56. The molecule has 0 radical (unpaired) electrons. The maximum Gasteiger partial charge on any atom is 0.407 e. The number of carbonyl (C=O) groups excluding carboxylic acids is 1. The van der Waals surface area contributed by atoms with Crippen molar-refractivity contribution in [2.24, 2.45) is 0 Å².